The Morgan fingerprint density at radius 1 is 0.842 bits per heavy atom. The molecule has 2 aromatic rings. The molecule has 0 atom stereocenters. The molecule has 1 aliphatic rings. The van der Waals surface area contributed by atoms with Gasteiger partial charge in [-0.05, 0) is 29.7 Å². The minimum Gasteiger partial charge on any atom is -0.385 e. The highest BCUT2D eigenvalue weighted by atomic mass is 15.1. The summed E-state index contributed by atoms with van der Waals surface area (Å²) in [5.41, 5.74) is 4.21. The normalized spacial score (nSPS) is 14.3. The topological polar surface area (TPSA) is 15.3 Å². The van der Waals surface area contributed by atoms with Crippen LogP contribution in [0.3, 0.4) is 0 Å². The molecule has 2 heteroatoms. The smallest absolute Gasteiger partial charge is 0.0340 e. The van der Waals surface area contributed by atoms with Gasteiger partial charge in [-0.2, -0.15) is 0 Å². The van der Waals surface area contributed by atoms with Crippen LogP contribution in [0, 0.1) is 0 Å². The zero-order chi connectivity index (χ0) is 12.9. The third-order valence-electron chi connectivity index (χ3n) is 3.66. The zero-order valence-electron chi connectivity index (χ0n) is 11.2. The van der Waals surface area contributed by atoms with Crippen LogP contribution in [0.25, 0.3) is 0 Å². The Hall–Kier alpha value is -1.80. The van der Waals surface area contributed by atoms with Crippen molar-refractivity contribution in [3.63, 3.8) is 0 Å². The summed E-state index contributed by atoms with van der Waals surface area (Å²) < 4.78 is 0. The van der Waals surface area contributed by atoms with Crippen molar-refractivity contribution in [2.24, 2.45) is 0 Å². The molecule has 0 unspecified atom stereocenters. The fourth-order valence-corrected chi connectivity index (χ4v) is 2.65. The van der Waals surface area contributed by atoms with Crippen LogP contribution in [0.5, 0.6) is 0 Å². The second-order valence-corrected chi connectivity index (χ2v) is 5.13. The predicted molar refractivity (Wildman–Crippen MR) is 80.1 cm³/mol. The number of anilines is 1. The van der Waals surface area contributed by atoms with Crippen LogP contribution in [-0.2, 0) is 13.1 Å². The Bertz CT molecular complexity index is 497. The Labute approximate surface area is 115 Å². The highest BCUT2D eigenvalue weighted by molar-refractivity contribution is 5.42. The zero-order valence-corrected chi connectivity index (χ0v) is 11.2. The van der Waals surface area contributed by atoms with Gasteiger partial charge in [-0.15, -0.1) is 0 Å². The summed E-state index contributed by atoms with van der Waals surface area (Å²) >= 11 is 0. The molecule has 0 spiro atoms. The number of rotatable bonds is 5. The number of nitrogens with one attached hydrogen (secondary N) is 1. The maximum absolute atomic E-state index is 3.46. The summed E-state index contributed by atoms with van der Waals surface area (Å²) in [5, 5.41) is 3.46. The molecule has 1 N–H and O–H groups in total. The summed E-state index contributed by atoms with van der Waals surface area (Å²) in [7, 11) is 0. The third kappa shape index (κ3) is 3.15. The summed E-state index contributed by atoms with van der Waals surface area (Å²) in [6.45, 7) is 4.42. The monoisotopic (exact) mass is 252 g/mol. The lowest BCUT2D eigenvalue weighted by atomic mass is 10.1. The van der Waals surface area contributed by atoms with Gasteiger partial charge >= 0.3 is 0 Å². The Morgan fingerprint density at radius 2 is 1.47 bits per heavy atom. The highest BCUT2D eigenvalue weighted by Crippen LogP contribution is 2.21. The minimum absolute atomic E-state index is 1.04. The van der Waals surface area contributed by atoms with Gasteiger partial charge in [0.05, 0.1) is 0 Å². The van der Waals surface area contributed by atoms with E-state index >= 15 is 0 Å². The molecule has 0 aromatic heterocycles. The number of hydrogen-bond donors (Lipinski definition) is 1. The van der Waals surface area contributed by atoms with Gasteiger partial charge in [-0.1, -0.05) is 42.5 Å². The molecular formula is C17H20N2. The maximum atomic E-state index is 3.46. The van der Waals surface area contributed by atoms with E-state index < -0.39 is 0 Å². The first-order valence-corrected chi connectivity index (χ1v) is 7.00. The molecule has 98 valence electrons. The molecule has 19 heavy (non-hydrogen) atoms. The Balaban J connectivity index is 1.41. The molecule has 2 nitrogen and oxygen atoms in total. The van der Waals surface area contributed by atoms with E-state index in [0.29, 0.717) is 0 Å². The molecule has 0 amide bonds. The first-order valence-electron chi connectivity index (χ1n) is 7.00. The van der Waals surface area contributed by atoms with Crippen LogP contribution in [0.15, 0.2) is 54.6 Å². The highest BCUT2D eigenvalue weighted by Gasteiger charge is 2.16. The molecule has 0 bridgehead atoms. The number of nitrogens with zero attached hydrogens (tertiary/aromatic N) is 1. The van der Waals surface area contributed by atoms with E-state index in [1.807, 2.05) is 6.07 Å². The van der Waals surface area contributed by atoms with Gasteiger partial charge in [-0.3, -0.25) is 4.90 Å². The van der Waals surface area contributed by atoms with Crippen molar-refractivity contribution in [2.45, 2.75) is 19.5 Å². The number of para-hydroxylation sites is 1. The largest absolute Gasteiger partial charge is 0.385 e. The quantitative estimate of drug-likeness (QED) is 0.819. The van der Waals surface area contributed by atoms with Crippen molar-refractivity contribution in [3.8, 4) is 0 Å². The van der Waals surface area contributed by atoms with Gasteiger partial charge in [-0.25, -0.2) is 0 Å². The van der Waals surface area contributed by atoms with Crippen molar-refractivity contribution in [1.29, 1.82) is 0 Å². The van der Waals surface area contributed by atoms with Crippen LogP contribution >= 0.6 is 0 Å². The van der Waals surface area contributed by atoms with Crippen LogP contribution in [0.2, 0.25) is 0 Å². The SMILES string of the molecule is c1ccc(NCCCN2Cc3ccccc3C2)cc1. The van der Waals surface area contributed by atoms with Crippen LogP contribution < -0.4 is 5.32 Å². The third-order valence-corrected chi connectivity index (χ3v) is 3.66. The lowest BCUT2D eigenvalue weighted by molar-refractivity contribution is 0.283. The molecule has 0 saturated heterocycles. The van der Waals surface area contributed by atoms with E-state index in [-0.39, 0.29) is 0 Å². The standard InChI is InChI=1S/C17H20N2/c1-2-9-17(10-3-1)18-11-6-12-19-13-15-7-4-5-8-16(15)14-19/h1-5,7-10,18H,6,11-14H2. The van der Waals surface area contributed by atoms with Crippen LogP contribution in [-0.4, -0.2) is 18.0 Å². The molecule has 0 saturated carbocycles. The first-order chi connectivity index (χ1) is 9.42. The van der Waals surface area contributed by atoms with Crippen molar-refractivity contribution in [3.05, 3.63) is 65.7 Å². The van der Waals surface area contributed by atoms with E-state index in [0.717, 1.165) is 26.2 Å². The molecule has 0 fully saturated rings. The van der Waals surface area contributed by atoms with E-state index in [4.69, 9.17) is 0 Å². The molecule has 1 heterocycles. The van der Waals surface area contributed by atoms with Gasteiger partial charge in [0, 0.05) is 31.9 Å². The molecule has 0 radical (unpaired) electrons. The summed E-state index contributed by atoms with van der Waals surface area (Å²) in [6.07, 6.45) is 1.18. The van der Waals surface area contributed by atoms with Crippen molar-refractivity contribution in [1.82, 2.24) is 4.90 Å². The van der Waals surface area contributed by atoms with Gasteiger partial charge < -0.3 is 5.32 Å². The summed E-state index contributed by atoms with van der Waals surface area (Å²) in [4.78, 5) is 2.53. The van der Waals surface area contributed by atoms with Gasteiger partial charge in [0.2, 0.25) is 0 Å². The maximum Gasteiger partial charge on any atom is 0.0340 e. The van der Waals surface area contributed by atoms with Gasteiger partial charge in [0.15, 0.2) is 0 Å². The summed E-state index contributed by atoms with van der Waals surface area (Å²) in [6, 6.07) is 19.2. The summed E-state index contributed by atoms with van der Waals surface area (Å²) in [5.74, 6) is 0. The fourth-order valence-electron chi connectivity index (χ4n) is 2.65. The minimum atomic E-state index is 1.04. The predicted octanol–water partition coefficient (Wildman–Crippen LogP) is 3.50. The molecule has 3 rings (SSSR count). The average molecular weight is 252 g/mol. The van der Waals surface area contributed by atoms with Crippen molar-refractivity contribution >= 4 is 5.69 Å². The van der Waals surface area contributed by atoms with Gasteiger partial charge in [0.25, 0.3) is 0 Å². The van der Waals surface area contributed by atoms with E-state index in [1.54, 1.807) is 0 Å². The number of hydrogen-bond acceptors (Lipinski definition) is 2. The van der Waals surface area contributed by atoms with E-state index in [2.05, 4.69) is 58.7 Å². The number of benzene rings is 2. The number of fused-ring (bicyclic) bond motifs is 1. The molecule has 2 aromatic carbocycles. The second kappa shape index (κ2) is 5.89. The lowest BCUT2D eigenvalue weighted by Gasteiger charge is -2.15. The molecule has 0 aliphatic carbocycles. The Kier molecular flexibility index (Phi) is 3.80. The van der Waals surface area contributed by atoms with Crippen LogP contribution in [0.4, 0.5) is 5.69 Å². The lowest BCUT2D eigenvalue weighted by Crippen LogP contribution is -2.20. The Morgan fingerprint density at radius 3 is 2.16 bits per heavy atom. The second-order valence-electron chi connectivity index (χ2n) is 5.13. The van der Waals surface area contributed by atoms with Crippen molar-refractivity contribution < 1.29 is 0 Å². The fraction of sp³-hybridized carbons (Fsp3) is 0.294. The molecule has 1 aliphatic heterocycles. The van der Waals surface area contributed by atoms with Gasteiger partial charge in [0.1, 0.15) is 0 Å². The van der Waals surface area contributed by atoms with E-state index in [9.17, 15) is 0 Å². The van der Waals surface area contributed by atoms with Crippen LogP contribution in [0.1, 0.15) is 17.5 Å². The average Bonchev–Trinajstić information content (AvgIpc) is 2.87. The first kappa shape index (κ1) is 12.2. The van der Waals surface area contributed by atoms with Crippen molar-refractivity contribution in [2.75, 3.05) is 18.4 Å². The molecular weight excluding hydrogens is 232 g/mol. The van der Waals surface area contributed by atoms with E-state index in [1.165, 1.54) is 23.2 Å².